The summed E-state index contributed by atoms with van der Waals surface area (Å²) in [7, 11) is 0. The zero-order valence-corrected chi connectivity index (χ0v) is 9.96. The predicted octanol–water partition coefficient (Wildman–Crippen LogP) is 2.91. The zero-order chi connectivity index (χ0) is 13.0. The van der Waals surface area contributed by atoms with Gasteiger partial charge in [0, 0.05) is 6.92 Å². The van der Waals surface area contributed by atoms with Crippen molar-refractivity contribution >= 4 is 5.97 Å². The van der Waals surface area contributed by atoms with E-state index in [0.717, 1.165) is 5.56 Å². The Labute approximate surface area is 106 Å². The lowest BCUT2D eigenvalue weighted by molar-refractivity contribution is -0.131. The van der Waals surface area contributed by atoms with E-state index >= 15 is 0 Å². The molecule has 0 aliphatic heterocycles. The quantitative estimate of drug-likeness (QED) is 0.664. The fraction of sp³-hybridized carbons (Fsp3) is 0.0667. The van der Waals surface area contributed by atoms with Gasteiger partial charge in [0.1, 0.15) is 5.75 Å². The van der Waals surface area contributed by atoms with Crippen LogP contribution in [0.1, 0.15) is 18.1 Å². The Morgan fingerprint density at radius 2 is 1.50 bits per heavy atom. The van der Waals surface area contributed by atoms with E-state index in [4.69, 9.17) is 4.74 Å². The molecule has 3 heteroatoms. The number of carbonyl (C=O) groups is 1. The summed E-state index contributed by atoms with van der Waals surface area (Å²) < 4.78 is 4.92. The highest BCUT2D eigenvalue weighted by molar-refractivity contribution is 5.69. The van der Waals surface area contributed by atoms with Gasteiger partial charge in [0.05, 0.1) is 0 Å². The number of aliphatic hydroxyl groups is 1. The van der Waals surface area contributed by atoms with E-state index in [1.165, 1.54) is 6.92 Å². The highest BCUT2D eigenvalue weighted by atomic mass is 16.5. The van der Waals surface area contributed by atoms with E-state index < -0.39 is 0 Å². The van der Waals surface area contributed by atoms with Crippen molar-refractivity contribution in [2.45, 2.75) is 6.92 Å². The minimum atomic E-state index is -0.362. The molecule has 2 aromatic rings. The standard InChI is InChI=1S/C15H13O3/c1-11(16)18-14-9-7-13(8-10-14)15(17)12-5-3-2-4-6-12/h2-10,17H,1H3. The number of rotatable bonds is 3. The summed E-state index contributed by atoms with van der Waals surface area (Å²) in [6, 6.07) is 16.0. The molecule has 0 heterocycles. The normalized spacial score (nSPS) is 10.4. The smallest absolute Gasteiger partial charge is 0.308 e. The molecule has 0 fully saturated rings. The topological polar surface area (TPSA) is 46.5 Å². The average molecular weight is 241 g/mol. The molecular weight excluding hydrogens is 228 g/mol. The lowest BCUT2D eigenvalue weighted by Crippen LogP contribution is -2.03. The van der Waals surface area contributed by atoms with Gasteiger partial charge in [0.15, 0.2) is 6.10 Å². The van der Waals surface area contributed by atoms with Crippen molar-refractivity contribution in [3.63, 3.8) is 0 Å². The van der Waals surface area contributed by atoms with Gasteiger partial charge in [-0.25, -0.2) is 0 Å². The highest BCUT2D eigenvalue weighted by Gasteiger charge is 2.11. The Hall–Kier alpha value is -2.13. The SMILES string of the molecule is CC(=O)Oc1ccc([C](O)c2ccccc2)cc1. The molecule has 91 valence electrons. The van der Waals surface area contributed by atoms with Crippen LogP contribution in [0.3, 0.4) is 0 Å². The molecule has 2 rings (SSSR count). The minimum Gasteiger partial charge on any atom is -0.427 e. The van der Waals surface area contributed by atoms with E-state index in [2.05, 4.69) is 0 Å². The van der Waals surface area contributed by atoms with Gasteiger partial charge in [0.2, 0.25) is 0 Å². The van der Waals surface area contributed by atoms with Gasteiger partial charge in [-0.3, -0.25) is 4.79 Å². The number of esters is 1. The Kier molecular flexibility index (Phi) is 3.75. The van der Waals surface area contributed by atoms with E-state index in [9.17, 15) is 9.90 Å². The van der Waals surface area contributed by atoms with Crippen LogP contribution in [-0.4, -0.2) is 11.1 Å². The van der Waals surface area contributed by atoms with Crippen LogP contribution in [0.15, 0.2) is 54.6 Å². The molecule has 0 amide bonds. The molecule has 0 aliphatic carbocycles. The van der Waals surface area contributed by atoms with Crippen LogP contribution in [0.25, 0.3) is 0 Å². The van der Waals surface area contributed by atoms with E-state index in [0.29, 0.717) is 11.3 Å². The van der Waals surface area contributed by atoms with E-state index in [1.807, 2.05) is 30.3 Å². The highest BCUT2D eigenvalue weighted by Crippen LogP contribution is 2.22. The van der Waals surface area contributed by atoms with Gasteiger partial charge >= 0.3 is 5.97 Å². The van der Waals surface area contributed by atoms with Crippen LogP contribution < -0.4 is 4.74 Å². The summed E-state index contributed by atoms with van der Waals surface area (Å²) in [6.45, 7) is 1.35. The molecule has 0 spiro atoms. The third kappa shape index (κ3) is 2.96. The molecule has 0 aliphatic rings. The molecule has 2 aromatic carbocycles. The maximum atomic E-state index is 10.8. The first-order chi connectivity index (χ1) is 8.66. The summed E-state index contributed by atoms with van der Waals surface area (Å²) in [6.07, 6.45) is 0.199. The second-order valence-corrected chi connectivity index (χ2v) is 3.83. The second-order valence-electron chi connectivity index (χ2n) is 3.83. The van der Waals surface area contributed by atoms with Crippen molar-refractivity contribution in [1.29, 1.82) is 0 Å². The number of ether oxygens (including phenoxy) is 1. The Balaban J connectivity index is 2.17. The first kappa shape index (κ1) is 12.3. The van der Waals surface area contributed by atoms with Crippen LogP contribution in [0, 0.1) is 6.10 Å². The number of carbonyl (C=O) groups excluding carboxylic acids is 1. The maximum absolute atomic E-state index is 10.8. The molecule has 1 radical (unpaired) electrons. The van der Waals surface area contributed by atoms with Crippen molar-refractivity contribution in [3.8, 4) is 5.75 Å². The molecule has 18 heavy (non-hydrogen) atoms. The van der Waals surface area contributed by atoms with Gasteiger partial charge in [-0.15, -0.1) is 0 Å². The molecule has 0 bridgehead atoms. The Bertz CT molecular complexity index is 517. The van der Waals surface area contributed by atoms with Gasteiger partial charge in [-0.2, -0.15) is 0 Å². The monoisotopic (exact) mass is 241 g/mol. The van der Waals surface area contributed by atoms with Gasteiger partial charge in [-0.1, -0.05) is 42.5 Å². The molecule has 1 N–H and O–H groups in total. The molecule has 0 atom stereocenters. The third-order valence-electron chi connectivity index (χ3n) is 2.44. The number of hydrogen-bond acceptors (Lipinski definition) is 3. The average Bonchev–Trinajstić information content (AvgIpc) is 2.39. The Morgan fingerprint density at radius 3 is 2.06 bits per heavy atom. The third-order valence-corrected chi connectivity index (χ3v) is 2.44. The van der Waals surface area contributed by atoms with Crippen molar-refractivity contribution in [2.24, 2.45) is 0 Å². The first-order valence-electron chi connectivity index (χ1n) is 5.57. The largest absolute Gasteiger partial charge is 0.427 e. The van der Waals surface area contributed by atoms with Gasteiger partial charge < -0.3 is 9.84 Å². The Morgan fingerprint density at radius 1 is 0.944 bits per heavy atom. The minimum absolute atomic E-state index is 0.199. The first-order valence-corrected chi connectivity index (χ1v) is 5.57. The summed E-state index contributed by atoms with van der Waals surface area (Å²) >= 11 is 0. The maximum Gasteiger partial charge on any atom is 0.308 e. The summed E-state index contributed by atoms with van der Waals surface area (Å²) in [5.41, 5.74) is 1.43. The number of aliphatic hydroxyl groups excluding tert-OH is 1. The van der Waals surface area contributed by atoms with E-state index in [1.54, 1.807) is 24.3 Å². The number of benzene rings is 2. The fourth-order valence-electron chi connectivity index (χ4n) is 1.61. The molecule has 3 nitrogen and oxygen atoms in total. The summed E-state index contributed by atoms with van der Waals surface area (Å²) in [5, 5.41) is 10.1. The summed E-state index contributed by atoms with van der Waals surface area (Å²) in [5.74, 6) is 0.103. The van der Waals surface area contributed by atoms with Crippen LogP contribution >= 0.6 is 0 Å². The molecule has 0 aromatic heterocycles. The van der Waals surface area contributed by atoms with Crippen molar-refractivity contribution in [3.05, 3.63) is 71.8 Å². The molecule has 0 saturated heterocycles. The molecular formula is C15H13O3. The zero-order valence-electron chi connectivity index (χ0n) is 9.96. The van der Waals surface area contributed by atoms with E-state index in [-0.39, 0.29) is 12.1 Å². The van der Waals surface area contributed by atoms with Crippen LogP contribution in [0.4, 0.5) is 0 Å². The summed E-state index contributed by atoms with van der Waals surface area (Å²) in [4.78, 5) is 10.8. The van der Waals surface area contributed by atoms with Crippen molar-refractivity contribution < 1.29 is 14.6 Å². The lowest BCUT2D eigenvalue weighted by Gasteiger charge is -2.10. The van der Waals surface area contributed by atoms with Crippen LogP contribution in [0.5, 0.6) is 5.75 Å². The molecule has 0 saturated carbocycles. The molecule has 0 unspecified atom stereocenters. The van der Waals surface area contributed by atoms with Gasteiger partial charge in [0.25, 0.3) is 0 Å². The van der Waals surface area contributed by atoms with Gasteiger partial charge in [-0.05, 0) is 23.3 Å². The predicted molar refractivity (Wildman–Crippen MR) is 67.6 cm³/mol. The fourth-order valence-corrected chi connectivity index (χ4v) is 1.61. The second kappa shape index (κ2) is 5.47. The lowest BCUT2D eigenvalue weighted by atomic mass is 10.0. The number of hydrogen-bond donors (Lipinski definition) is 1. The van der Waals surface area contributed by atoms with Crippen molar-refractivity contribution in [1.82, 2.24) is 0 Å². The van der Waals surface area contributed by atoms with Crippen LogP contribution in [-0.2, 0) is 4.79 Å². The van der Waals surface area contributed by atoms with Crippen LogP contribution in [0.2, 0.25) is 0 Å². The van der Waals surface area contributed by atoms with Crippen molar-refractivity contribution in [2.75, 3.05) is 0 Å².